The number of hydrogen-bond donors (Lipinski definition) is 1. The van der Waals surface area contributed by atoms with Crippen molar-refractivity contribution >= 4 is 12.0 Å². The third-order valence-electron chi connectivity index (χ3n) is 7.93. The molecule has 2 aliphatic heterocycles. The SMILES string of the molecule is Cc1noc(N2C[C@H]3CC[C@@H](C2)C3Nc2nc3n(n2)C(C(F)(F)F)CCC3c2ccccc2C(F)(F)F)n1. The van der Waals surface area contributed by atoms with Crippen molar-refractivity contribution in [3.05, 3.63) is 47.0 Å². The van der Waals surface area contributed by atoms with E-state index >= 15 is 0 Å². The maximum Gasteiger partial charge on any atom is 0.416 e. The molecule has 1 aliphatic carbocycles. The zero-order chi connectivity index (χ0) is 26.8. The third-order valence-corrected chi connectivity index (χ3v) is 7.93. The van der Waals surface area contributed by atoms with Gasteiger partial charge in [0, 0.05) is 25.0 Å². The minimum absolute atomic E-state index is 0.00891. The van der Waals surface area contributed by atoms with Crippen LogP contribution >= 0.6 is 0 Å². The molecule has 8 nitrogen and oxygen atoms in total. The number of nitrogens with one attached hydrogen (secondary N) is 1. The van der Waals surface area contributed by atoms with Crippen LogP contribution in [0.2, 0.25) is 0 Å². The predicted octanol–water partition coefficient (Wildman–Crippen LogP) is 5.34. The molecule has 1 saturated heterocycles. The number of piperidine rings is 1. The zero-order valence-electron chi connectivity index (χ0n) is 20.3. The van der Waals surface area contributed by atoms with Gasteiger partial charge in [-0.15, -0.1) is 5.10 Å². The second-order valence-electron chi connectivity index (χ2n) is 10.3. The molecule has 3 unspecified atom stereocenters. The summed E-state index contributed by atoms with van der Waals surface area (Å²) in [6.45, 7) is 2.98. The van der Waals surface area contributed by atoms with Crippen LogP contribution in [0.25, 0.3) is 0 Å². The molecule has 2 bridgehead atoms. The average molecular weight is 542 g/mol. The lowest BCUT2D eigenvalue weighted by Crippen LogP contribution is -2.48. The summed E-state index contributed by atoms with van der Waals surface area (Å²) in [6.07, 6.45) is -7.97. The van der Waals surface area contributed by atoms with Crippen molar-refractivity contribution in [2.24, 2.45) is 11.8 Å². The summed E-state index contributed by atoms with van der Waals surface area (Å²) in [5.41, 5.74) is -0.967. The second-order valence-corrected chi connectivity index (χ2v) is 10.3. The van der Waals surface area contributed by atoms with Gasteiger partial charge in [-0.1, -0.05) is 23.4 Å². The number of aromatic nitrogens is 5. The van der Waals surface area contributed by atoms with Gasteiger partial charge < -0.3 is 14.7 Å². The lowest BCUT2D eigenvalue weighted by Gasteiger charge is -2.37. The Kier molecular flexibility index (Phi) is 5.83. The standard InChI is InChI=1S/C24H25F6N7O/c1-12-31-22(38-35-12)36-10-13-6-7-14(11-36)19(13)32-21-33-20-16(8-9-18(24(28,29)30)37(20)34-21)15-4-2-3-5-17(15)23(25,26)27/h2-5,13-14,16,18-19H,6-11H2,1H3,(H,32,34)/t13-,14+,16?,18?,19?. The molecule has 6 rings (SSSR count). The highest BCUT2D eigenvalue weighted by atomic mass is 19.4. The van der Waals surface area contributed by atoms with Crippen LogP contribution in [-0.4, -0.2) is 50.2 Å². The molecule has 3 aromatic rings. The molecule has 1 saturated carbocycles. The van der Waals surface area contributed by atoms with Gasteiger partial charge in [-0.3, -0.25) is 0 Å². The van der Waals surface area contributed by atoms with Crippen molar-refractivity contribution in [3.8, 4) is 0 Å². The number of benzene rings is 1. The number of fused-ring (bicyclic) bond motifs is 3. The van der Waals surface area contributed by atoms with E-state index in [0.29, 0.717) is 24.9 Å². The van der Waals surface area contributed by atoms with Gasteiger partial charge in [0.25, 0.3) is 0 Å². The van der Waals surface area contributed by atoms with Gasteiger partial charge in [0.1, 0.15) is 11.9 Å². The molecule has 38 heavy (non-hydrogen) atoms. The monoisotopic (exact) mass is 541 g/mol. The molecule has 3 aliphatic rings. The van der Waals surface area contributed by atoms with Crippen molar-refractivity contribution in [1.29, 1.82) is 0 Å². The number of halogens is 6. The van der Waals surface area contributed by atoms with E-state index in [4.69, 9.17) is 4.52 Å². The fourth-order valence-corrected chi connectivity index (χ4v) is 6.27. The summed E-state index contributed by atoms with van der Waals surface area (Å²) in [4.78, 5) is 10.7. The zero-order valence-corrected chi connectivity index (χ0v) is 20.3. The van der Waals surface area contributed by atoms with Crippen molar-refractivity contribution in [1.82, 2.24) is 24.9 Å². The van der Waals surface area contributed by atoms with Crippen LogP contribution in [0.5, 0.6) is 0 Å². The largest absolute Gasteiger partial charge is 0.416 e. The van der Waals surface area contributed by atoms with E-state index in [1.54, 1.807) is 6.92 Å². The highest BCUT2D eigenvalue weighted by Gasteiger charge is 2.49. The van der Waals surface area contributed by atoms with Crippen LogP contribution in [-0.2, 0) is 6.18 Å². The molecular formula is C24H25F6N7O. The number of nitrogens with zero attached hydrogens (tertiary/aromatic N) is 6. The van der Waals surface area contributed by atoms with Crippen LogP contribution < -0.4 is 10.2 Å². The Hall–Kier alpha value is -3.32. The summed E-state index contributed by atoms with van der Waals surface area (Å²) in [5.74, 6) is -0.253. The van der Waals surface area contributed by atoms with Crippen LogP contribution in [0.1, 0.15) is 60.4 Å². The Morgan fingerprint density at radius 1 is 0.947 bits per heavy atom. The molecular weight excluding hydrogens is 516 g/mol. The summed E-state index contributed by atoms with van der Waals surface area (Å²) in [7, 11) is 0. The lowest BCUT2D eigenvalue weighted by atomic mass is 9.85. The van der Waals surface area contributed by atoms with Gasteiger partial charge in [-0.2, -0.15) is 36.3 Å². The van der Waals surface area contributed by atoms with Crippen LogP contribution in [0.4, 0.5) is 38.3 Å². The average Bonchev–Trinajstić information content (AvgIpc) is 3.53. The van der Waals surface area contributed by atoms with Crippen molar-refractivity contribution < 1.29 is 30.9 Å². The van der Waals surface area contributed by atoms with Gasteiger partial charge in [0.2, 0.25) is 5.95 Å². The van der Waals surface area contributed by atoms with Crippen LogP contribution in [0, 0.1) is 18.8 Å². The normalized spacial score (nSPS) is 27.4. The first-order chi connectivity index (χ1) is 18.0. The minimum Gasteiger partial charge on any atom is -0.350 e. The second kappa shape index (κ2) is 8.87. The number of anilines is 2. The molecule has 0 radical (unpaired) electrons. The summed E-state index contributed by atoms with van der Waals surface area (Å²) >= 11 is 0. The first-order valence-corrected chi connectivity index (χ1v) is 12.5. The Morgan fingerprint density at radius 2 is 1.66 bits per heavy atom. The van der Waals surface area contributed by atoms with Crippen LogP contribution in [0.3, 0.4) is 0 Å². The van der Waals surface area contributed by atoms with E-state index in [0.717, 1.165) is 23.6 Å². The first-order valence-electron chi connectivity index (χ1n) is 12.5. The quantitative estimate of drug-likeness (QED) is 0.446. The molecule has 204 valence electrons. The number of rotatable bonds is 4. The Labute approximate surface area is 213 Å². The number of aryl methyl sites for hydroxylation is 1. The Balaban J connectivity index is 1.30. The maximum absolute atomic E-state index is 13.9. The fraction of sp³-hybridized carbons (Fsp3) is 0.583. The van der Waals surface area contributed by atoms with E-state index in [-0.39, 0.29) is 48.1 Å². The van der Waals surface area contributed by atoms with Gasteiger partial charge in [0.05, 0.1) is 5.56 Å². The number of alkyl halides is 6. The summed E-state index contributed by atoms with van der Waals surface area (Å²) in [5, 5.41) is 11.3. The van der Waals surface area contributed by atoms with Crippen molar-refractivity contribution in [2.45, 2.75) is 63.0 Å². The van der Waals surface area contributed by atoms with Gasteiger partial charge in [0.15, 0.2) is 5.82 Å². The topological polar surface area (TPSA) is 84.9 Å². The Bertz CT molecular complexity index is 1300. The minimum atomic E-state index is -4.65. The van der Waals surface area contributed by atoms with Crippen molar-refractivity contribution in [3.63, 3.8) is 0 Å². The molecule has 4 heterocycles. The molecule has 14 heteroatoms. The number of hydrogen-bond acceptors (Lipinski definition) is 7. The van der Waals surface area contributed by atoms with Gasteiger partial charge >= 0.3 is 18.4 Å². The summed E-state index contributed by atoms with van der Waals surface area (Å²) < 4.78 is 89.1. The first kappa shape index (κ1) is 25.0. The lowest BCUT2D eigenvalue weighted by molar-refractivity contribution is -0.175. The van der Waals surface area contributed by atoms with E-state index in [9.17, 15) is 26.3 Å². The highest BCUT2D eigenvalue weighted by molar-refractivity contribution is 5.40. The van der Waals surface area contributed by atoms with Gasteiger partial charge in [-0.05, 0) is 56.1 Å². The molecule has 2 fully saturated rings. The molecule has 2 aromatic heterocycles. The van der Waals surface area contributed by atoms with E-state index in [1.807, 2.05) is 4.90 Å². The molecule has 0 spiro atoms. The van der Waals surface area contributed by atoms with Crippen LogP contribution in [0.15, 0.2) is 28.8 Å². The summed E-state index contributed by atoms with van der Waals surface area (Å²) in [6, 6.07) is 3.37. The molecule has 1 N–H and O–H groups in total. The third kappa shape index (κ3) is 4.37. The maximum atomic E-state index is 13.9. The highest BCUT2D eigenvalue weighted by Crippen LogP contribution is 2.47. The van der Waals surface area contributed by atoms with E-state index < -0.39 is 29.9 Å². The smallest absolute Gasteiger partial charge is 0.350 e. The molecule has 1 aromatic carbocycles. The van der Waals surface area contributed by atoms with E-state index in [2.05, 4.69) is 25.5 Å². The Morgan fingerprint density at radius 3 is 2.29 bits per heavy atom. The molecule has 0 amide bonds. The van der Waals surface area contributed by atoms with Crippen molar-refractivity contribution in [2.75, 3.05) is 23.3 Å². The predicted molar refractivity (Wildman–Crippen MR) is 123 cm³/mol. The van der Waals surface area contributed by atoms with E-state index in [1.165, 1.54) is 18.2 Å². The molecule has 5 atom stereocenters. The fourth-order valence-electron chi connectivity index (χ4n) is 6.27. The van der Waals surface area contributed by atoms with Gasteiger partial charge in [-0.25, -0.2) is 4.68 Å².